The Morgan fingerprint density at radius 2 is 1.55 bits per heavy atom. The Morgan fingerprint density at radius 3 is 2.16 bits per heavy atom. The number of hydrogen-bond donors (Lipinski definition) is 3. The summed E-state index contributed by atoms with van der Waals surface area (Å²) in [5.41, 5.74) is 2.54. The Labute approximate surface area is 232 Å². The number of anilines is 6. The van der Waals surface area contributed by atoms with E-state index in [1.807, 2.05) is 32.1 Å². The van der Waals surface area contributed by atoms with Gasteiger partial charge >= 0.3 is 0 Å². The third kappa shape index (κ3) is 7.41. The lowest BCUT2D eigenvalue weighted by molar-refractivity contribution is -0.111. The number of carbonyl (C=O) groups excluding carboxylic acids is 1. The van der Waals surface area contributed by atoms with Gasteiger partial charge in [0.25, 0.3) is 0 Å². The van der Waals surface area contributed by atoms with Crippen molar-refractivity contribution < 1.29 is 14.3 Å². The van der Waals surface area contributed by atoms with E-state index >= 15 is 0 Å². The van der Waals surface area contributed by atoms with E-state index in [1.54, 1.807) is 31.4 Å². The van der Waals surface area contributed by atoms with Gasteiger partial charge < -0.3 is 35.2 Å². The van der Waals surface area contributed by atoms with Crippen LogP contribution in [0.1, 0.15) is 0 Å². The van der Waals surface area contributed by atoms with Crippen LogP contribution < -0.4 is 30.3 Å². The second-order valence-electron chi connectivity index (χ2n) is 8.49. The van der Waals surface area contributed by atoms with E-state index in [4.69, 9.17) is 32.7 Å². The molecule has 3 aromatic rings. The van der Waals surface area contributed by atoms with Crippen molar-refractivity contribution in [1.29, 1.82) is 0 Å². The van der Waals surface area contributed by atoms with Gasteiger partial charge in [0.2, 0.25) is 5.91 Å². The average molecular weight is 560 g/mol. The van der Waals surface area contributed by atoms with Gasteiger partial charge in [0.1, 0.15) is 29.5 Å². The molecule has 0 fully saturated rings. The lowest BCUT2D eigenvalue weighted by atomic mass is 10.2. The molecule has 3 N–H and O–H groups in total. The molecule has 0 saturated heterocycles. The van der Waals surface area contributed by atoms with Crippen molar-refractivity contribution in [2.45, 2.75) is 0 Å². The number of rotatable bonds is 12. The molecule has 2 aromatic carbocycles. The molecule has 0 atom stereocenters. The summed E-state index contributed by atoms with van der Waals surface area (Å²) in [7, 11) is 9.06. The van der Waals surface area contributed by atoms with Crippen LogP contribution in [0.2, 0.25) is 10.0 Å². The molecule has 202 valence electrons. The van der Waals surface area contributed by atoms with Gasteiger partial charge in [-0.15, -0.1) is 0 Å². The number of amides is 1. The molecule has 1 heterocycles. The highest BCUT2D eigenvalue weighted by atomic mass is 35.5. The number of ether oxygens (including phenoxy) is 2. The van der Waals surface area contributed by atoms with Gasteiger partial charge in [0, 0.05) is 38.3 Å². The minimum absolute atomic E-state index is 0.327. The molecule has 0 spiro atoms. The maximum absolute atomic E-state index is 12.2. The smallest absolute Gasteiger partial charge is 0.247 e. The SMILES string of the molecule is C=CC(=O)Nc1cc(Nc2cc(Nc3cc(OC)c(Cl)cc3Cl)ncn2)c(OC)cc1N(C)CCN(C)C. The molecular weight excluding hydrogens is 529 g/mol. The van der Waals surface area contributed by atoms with E-state index < -0.39 is 0 Å². The van der Waals surface area contributed by atoms with Crippen LogP contribution >= 0.6 is 23.2 Å². The van der Waals surface area contributed by atoms with Crippen molar-refractivity contribution in [1.82, 2.24) is 14.9 Å². The van der Waals surface area contributed by atoms with Gasteiger partial charge in [-0.1, -0.05) is 29.8 Å². The van der Waals surface area contributed by atoms with Gasteiger partial charge in [0.15, 0.2) is 0 Å². The molecule has 0 bridgehead atoms. The summed E-state index contributed by atoms with van der Waals surface area (Å²) in [6.07, 6.45) is 2.63. The number of nitrogens with one attached hydrogen (secondary N) is 3. The van der Waals surface area contributed by atoms with Crippen molar-refractivity contribution in [2.75, 3.05) is 69.3 Å². The molecule has 0 radical (unpaired) electrons. The number of aromatic nitrogens is 2. The molecule has 1 aromatic heterocycles. The summed E-state index contributed by atoms with van der Waals surface area (Å²) >= 11 is 12.5. The average Bonchev–Trinajstić information content (AvgIpc) is 2.89. The molecule has 1 amide bonds. The maximum Gasteiger partial charge on any atom is 0.247 e. The lowest BCUT2D eigenvalue weighted by Gasteiger charge is -2.26. The fraction of sp³-hybridized carbons (Fsp3) is 0.269. The van der Waals surface area contributed by atoms with Crippen LogP contribution in [0.4, 0.5) is 34.4 Å². The Balaban J connectivity index is 1.93. The Kier molecular flexibility index (Phi) is 10.0. The summed E-state index contributed by atoms with van der Waals surface area (Å²) in [6.45, 7) is 5.12. The van der Waals surface area contributed by atoms with E-state index in [-0.39, 0.29) is 5.91 Å². The van der Waals surface area contributed by atoms with E-state index in [1.165, 1.54) is 19.5 Å². The highest BCUT2D eigenvalue weighted by Gasteiger charge is 2.17. The normalized spacial score (nSPS) is 10.6. The minimum atomic E-state index is -0.327. The van der Waals surface area contributed by atoms with Crippen LogP contribution in [0.3, 0.4) is 0 Å². The Morgan fingerprint density at radius 1 is 0.895 bits per heavy atom. The van der Waals surface area contributed by atoms with Crippen LogP contribution in [0.5, 0.6) is 11.5 Å². The van der Waals surface area contributed by atoms with Gasteiger partial charge in [0.05, 0.1) is 47.0 Å². The third-order valence-electron chi connectivity index (χ3n) is 5.49. The lowest BCUT2D eigenvalue weighted by Crippen LogP contribution is -2.29. The van der Waals surface area contributed by atoms with Crippen LogP contribution in [0.25, 0.3) is 0 Å². The molecule has 0 aliphatic carbocycles. The molecule has 12 heteroatoms. The fourth-order valence-electron chi connectivity index (χ4n) is 3.46. The van der Waals surface area contributed by atoms with Gasteiger partial charge in [-0.3, -0.25) is 4.79 Å². The molecule has 0 saturated carbocycles. The number of hydrogen-bond acceptors (Lipinski definition) is 9. The molecule has 3 rings (SSSR count). The number of carbonyl (C=O) groups is 1. The summed E-state index contributed by atoms with van der Waals surface area (Å²) in [6, 6.07) is 8.62. The first-order valence-electron chi connectivity index (χ1n) is 11.6. The largest absolute Gasteiger partial charge is 0.495 e. The quantitative estimate of drug-likeness (QED) is 0.251. The predicted octanol–water partition coefficient (Wildman–Crippen LogP) is 5.41. The zero-order valence-corrected chi connectivity index (χ0v) is 23.4. The molecular formula is C26H31Cl2N7O3. The van der Waals surface area contributed by atoms with E-state index in [2.05, 4.69) is 37.4 Å². The predicted molar refractivity (Wildman–Crippen MR) is 155 cm³/mol. The first-order valence-corrected chi connectivity index (χ1v) is 12.3. The van der Waals surface area contributed by atoms with Crippen molar-refractivity contribution in [3.05, 3.63) is 59.4 Å². The van der Waals surface area contributed by atoms with Crippen LogP contribution in [-0.4, -0.2) is 69.2 Å². The number of nitrogens with zero attached hydrogens (tertiary/aromatic N) is 4. The summed E-state index contributed by atoms with van der Waals surface area (Å²) in [5.74, 6) is 1.67. The Hall–Kier alpha value is -3.73. The van der Waals surface area contributed by atoms with Crippen molar-refractivity contribution in [3.63, 3.8) is 0 Å². The highest BCUT2D eigenvalue weighted by Crippen LogP contribution is 2.39. The molecule has 0 unspecified atom stereocenters. The third-order valence-corrected chi connectivity index (χ3v) is 6.10. The van der Waals surface area contributed by atoms with E-state index in [9.17, 15) is 4.79 Å². The topological polar surface area (TPSA) is 104 Å². The van der Waals surface area contributed by atoms with Crippen LogP contribution in [0, 0.1) is 0 Å². The fourth-order valence-corrected chi connectivity index (χ4v) is 3.96. The zero-order chi connectivity index (χ0) is 27.8. The van der Waals surface area contributed by atoms with Gasteiger partial charge in [-0.2, -0.15) is 0 Å². The number of likely N-dealkylation sites (N-methyl/N-ethyl adjacent to an activating group) is 2. The molecule has 0 aliphatic heterocycles. The monoisotopic (exact) mass is 559 g/mol. The first-order chi connectivity index (χ1) is 18.1. The molecule has 38 heavy (non-hydrogen) atoms. The Bertz CT molecular complexity index is 1300. The summed E-state index contributed by atoms with van der Waals surface area (Å²) in [5, 5.41) is 10.1. The second kappa shape index (κ2) is 13.2. The van der Waals surface area contributed by atoms with Gasteiger partial charge in [-0.05, 0) is 32.3 Å². The van der Waals surface area contributed by atoms with Crippen LogP contribution in [0.15, 0.2) is 49.3 Å². The molecule has 0 aliphatic rings. The number of methoxy groups -OCH3 is 2. The highest BCUT2D eigenvalue weighted by molar-refractivity contribution is 6.37. The summed E-state index contributed by atoms with van der Waals surface area (Å²) in [4.78, 5) is 24.9. The molecule has 10 nitrogen and oxygen atoms in total. The maximum atomic E-state index is 12.2. The standard InChI is InChI=1S/C26H31Cl2N7O3/c1-7-26(36)33-19-11-20(23(38-6)13-21(19)35(4)9-8-34(2)3)32-25-14-24(29-15-30-25)31-18-12-22(37-5)17(28)10-16(18)27/h7,10-15H,1,8-9H2,2-6H3,(H,33,36)(H2,29,30,31,32). The minimum Gasteiger partial charge on any atom is -0.495 e. The van der Waals surface area contributed by atoms with Crippen LogP contribution in [-0.2, 0) is 4.79 Å². The van der Waals surface area contributed by atoms with E-state index in [0.29, 0.717) is 50.2 Å². The number of benzene rings is 2. The van der Waals surface area contributed by atoms with Crippen molar-refractivity contribution >= 4 is 63.5 Å². The number of halogens is 2. The second-order valence-corrected chi connectivity index (χ2v) is 9.31. The van der Waals surface area contributed by atoms with E-state index in [0.717, 1.165) is 18.8 Å². The van der Waals surface area contributed by atoms with Crippen molar-refractivity contribution in [2.24, 2.45) is 0 Å². The first kappa shape index (κ1) is 28.8. The zero-order valence-electron chi connectivity index (χ0n) is 21.9. The van der Waals surface area contributed by atoms with Gasteiger partial charge in [-0.25, -0.2) is 9.97 Å². The summed E-state index contributed by atoms with van der Waals surface area (Å²) < 4.78 is 10.9. The van der Waals surface area contributed by atoms with Crippen molar-refractivity contribution in [3.8, 4) is 11.5 Å².